The minimum absolute atomic E-state index is 0.0548. The zero-order valence-electron chi connectivity index (χ0n) is 10.4. The molecule has 0 spiro atoms. The van der Waals surface area contributed by atoms with Crippen LogP contribution in [-0.4, -0.2) is 12.9 Å². The molecule has 20 heavy (non-hydrogen) atoms. The lowest BCUT2D eigenvalue weighted by molar-refractivity contribution is 0.103. The molecule has 0 saturated carbocycles. The van der Waals surface area contributed by atoms with Crippen LogP contribution in [0, 0.1) is 17.5 Å². The summed E-state index contributed by atoms with van der Waals surface area (Å²) in [6.45, 7) is 0. The van der Waals surface area contributed by atoms with Gasteiger partial charge in [0.1, 0.15) is 5.82 Å². The Bertz CT molecular complexity index is 686. The Labute approximate surface area is 112 Å². The predicted molar refractivity (Wildman–Crippen MR) is 67.2 cm³/mol. The Morgan fingerprint density at radius 3 is 2.45 bits per heavy atom. The Kier molecular flexibility index (Phi) is 3.65. The van der Waals surface area contributed by atoms with Crippen LogP contribution in [0.25, 0.3) is 0 Å². The minimum atomic E-state index is -1.03. The Morgan fingerprint density at radius 1 is 1.15 bits per heavy atom. The summed E-state index contributed by atoms with van der Waals surface area (Å²) in [5, 5.41) is 0. The molecule has 0 bridgehead atoms. The SMILES string of the molecule is COc1ccc(C(=O)c2cc(F)cc(N)c2F)cc1F. The number of nitrogens with two attached hydrogens (primary N) is 1. The van der Waals surface area contributed by atoms with E-state index in [9.17, 15) is 18.0 Å². The van der Waals surface area contributed by atoms with E-state index >= 15 is 0 Å². The van der Waals surface area contributed by atoms with Crippen molar-refractivity contribution in [2.45, 2.75) is 0 Å². The van der Waals surface area contributed by atoms with E-state index in [2.05, 4.69) is 0 Å². The summed E-state index contributed by atoms with van der Waals surface area (Å²) in [6.07, 6.45) is 0. The third kappa shape index (κ3) is 2.45. The molecule has 6 heteroatoms. The van der Waals surface area contributed by atoms with Gasteiger partial charge in [-0.2, -0.15) is 0 Å². The molecule has 0 aliphatic heterocycles. The number of anilines is 1. The molecule has 0 unspecified atom stereocenters. The van der Waals surface area contributed by atoms with Crippen molar-refractivity contribution in [1.29, 1.82) is 0 Å². The van der Waals surface area contributed by atoms with Crippen molar-refractivity contribution in [3.05, 3.63) is 58.9 Å². The molecule has 104 valence electrons. The van der Waals surface area contributed by atoms with Gasteiger partial charge >= 0.3 is 0 Å². The number of nitrogen functional groups attached to an aromatic ring is 1. The van der Waals surface area contributed by atoms with Crippen molar-refractivity contribution in [3.8, 4) is 5.75 Å². The number of hydrogen-bond acceptors (Lipinski definition) is 3. The van der Waals surface area contributed by atoms with Gasteiger partial charge in [-0.15, -0.1) is 0 Å². The van der Waals surface area contributed by atoms with Crippen molar-refractivity contribution in [2.24, 2.45) is 0 Å². The normalized spacial score (nSPS) is 10.4. The summed E-state index contributed by atoms with van der Waals surface area (Å²) < 4.78 is 45.1. The predicted octanol–water partition coefficient (Wildman–Crippen LogP) is 2.93. The summed E-state index contributed by atoms with van der Waals surface area (Å²) in [5.41, 5.74) is 4.09. The highest BCUT2D eigenvalue weighted by Crippen LogP contribution is 2.23. The molecule has 2 aromatic rings. The highest BCUT2D eigenvalue weighted by molar-refractivity contribution is 6.09. The van der Waals surface area contributed by atoms with Crippen LogP contribution in [0.15, 0.2) is 30.3 Å². The van der Waals surface area contributed by atoms with Gasteiger partial charge in [0.2, 0.25) is 0 Å². The van der Waals surface area contributed by atoms with Gasteiger partial charge in [-0.25, -0.2) is 13.2 Å². The molecule has 0 amide bonds. The number of ether oxygens (including phenoxy) is 1. The van der Waals surface area contributed by atoms with Crippen molar-refractivity contribution < 1.29 is 22.7 Å². The number of methoxy groups -OCH3 is 1. The van der Waals surface area contributed by atoms with E-state index in [0.717, 1.165) is 18.2 Å². The van der Waals surface area contributed by atoms with Gasteiger partial charge in [0.25, 0.3) is 0 Å². The van der Waals surface area contributed by atoms with E-state index in [0.29, 0.717) is 0 Å². The molecular formula is C14H10F3NO2. The van der Waals surface area contributed by atoms with Crippen molar-refractivity contribution in [2.75, 3.05) is 12.8 Å². The second kappa shape index (κ2) is 5.24. The average Bonchev–Trinajstić information content (AvgIpc) is 2.42. The first-order valence-corrected chi connectivity index (χ1v) is 5.56. The van der Waals surface area contributed by atoms with E-state index in [-0.39, 0.29) is 11.3 Å². The molecule has 0 radical (unpaired) electrons. The number of rotatable bonds is 3. The molecule has 3 nitrogen and oxygen atoms in total. The molecular weight excluding hydrogens is 271 g/mol. The van der Waals surface area contributed by atoms with Crippen molar-refractivity contribution in [3.63, 3.8) is 0 Å². The van der Waals surface area contributed by atoms with Gasteiger partial charge in [0, 0.05) is 5.56 Å². The fraction of sp³-hybridized carbons (Fsp3) is 0.0714. The van der Waals surface area contributed by atoms with Crippen LogP contribution < -0.4 is 10.5 Å². The zero-order valence-corrected chi connectivity index (χ0v) is 10.4. The van der Waals surface area contributed by atoms with Crippen LogP contribution in [-0.2, 0) is 0 Å². The number of halogens is 3. The second-order valence-electron chi connectivity index (χ2n) is 4.04. The third-order valence-corrected chi connectivity index (χ3v) is 2.72. The number of carbonyl (C=O) groups excluding carboxylic acids is 1. The monoisotopic (exact) mass is 281 g/mol. The highest BCUT2D eigenvalue weighted by atomic mass is 19.1. The quantitative estimate of drug-likeness (QED) is 0.695. The summed E-state index contributed by atoms with van der Waals surface area (Å²) in [5.74, 6) is -3.58. The second-order valence-corrected chi connectivity index (χ2v) is 4.04. The minimum Gasteiger partial charge on any atom is -0.494 e. The summed E-state index contributed by atoms with van der Waals surface area (Å²) in [7, 11) is 1.27. The molecule has 2 aromatic carbocycles. The smallest absolute Gasteiger partial charge is 0.196 e. The number of ketones is 1. The van der Waals surface area contributed by atoms with E-state index in [1.807, 2.05) is 0 Å². The first-order chi connectivity index (χ1) is 9.43. The lowest BCUT2D eigenvalue weighted by Crippen LogP contribution is -2.08. The van der Waals surface area contributed by atoms with Crippen LogP contribution >= 0.6 is 0 Å². The van der Waals surface area contributed by atoms with Crippen LogP contribution in [0.3, 0.4) is 0 Å². The molecule has 0 fully saturated rings. The zero-order chi connectivity index (χ0) is 14.9. The summed E-state index contributed by atoms with van der Waals surface area (Å²) >= 11 is 0. The van der Waals surface area contributed by atoms with Gasteiger partial charge in [0.15, 0.2) is 23.2 Å². The first-order valence-electron chi connectivity index (χ1n) is 5.56. The third-order valence-electron chi connectivity index (χ3n) is 2.72. The van der Waals surface area contributed by atoms with Gasteiger partial charge in [-0.3, -0.25) is 4.79 Å². The topological polar surface area (TPSA) is 52.3 Å². The largest absolute Gasteiger partial charge is 0.494 e. The molecule has 0 saturated heterocycles. The first kappa shape index (κ1) is 13.9. The van der Waals surface area contributed by atoms with Crippen LogP contribution in [0.4, 0.5) is 18.9 Å². The fourth-order valence-corrected chi connectivity index (χ4v) is 1.74. The molecule has 0 aliphatic carbocycles. The van der Waals surface area contributed by atoms with Crippen molar-refractivity contribution in [1.82, 2.24) is 0 Å². The standard InChI is InChI=1S/C14H10F3NO2/c1-20-12-3-2-7(4-10(12)16)14(19)9-5-8(15)6-11(18)13(9)17/h2-6H,18H2,1H3. The Morgan fingerprint density at radius 2 is 1.85 bits per heavy atom. The van der Waals surface area contributed by atoms with E-state index in [1.54, 1.807) is 0 Å². The maximum Gasteiger partial charge on any atom is 0.196 e. The van der Waals surface area contributed by atoms with Crippen LogP contribution in [0.5, 0.6) is 5.75 Å². The van der Waals surface area contributed by atoms with Gasteiger partial charge in [0.05, 0.1) is 18.4 Å². The molecule has 0 atom stereocenters. The van der Waals surface area contributed by atoms with E-state index in [4.69, 9.17) is 10.5 Å². The highest BCUT2D eigenvalue weighted by Gasteiger charge is 2.19. The van der Waals surface area contributed by atoms with Gasteiger partial charge in [-0.05, 0) is 30.3 Å². The lowest BCUT2D eigenvalue weighted by atomic mass is 10.0. The fourth-order valence-electron chi connectivity index (χ4n) is 1.74. The van der Waals surface area contributed by atoms with Crippen molar-refractivity contribution >= 4 is 11.5 Å². The number of hydrogen-bond donors (Lipinski definition) is 1. The van der Waals surface area contributed by atoms with Gasteiger partial charge < -0.3 is 10.5 Å². The van der Waals surface area contributed by atoms with E-state index in [1.165, 1.54) is 19.2 Å². The molecule has 2 N–H and O–H groups in total. The summed E-state index contributed by atoms with van der Waals surface area (Å²) in [4.78, 5) is 12.1. The Hall–Kier alpha value is -2.50. The molecule has 2 rings (SSSR count). The summed E-state index contributed by atoms with van der Waals surface area (Å²) in [6, 6.07) is 4.85. The lowest BCUT2D eigenvalue weighted by Gasteiger charge is -2.07. The Balaban J connectivity index is 2.49. The van der Waals surface area contributed by atoms with Gasteiger partial charge in [-0.1, -0.05) is 0 Å². The molecule has 0 aliphatic rings. The number of benzene rings is 2. The molecule has 0 heterocycles. The van der Waals surface area contributed by atoms with Crippen LogP contribution in [0.1, 0.15) is 15.9 Å². The average molecular weight is 281 g/mol. The molecule has 0 aromatic heterocycles. The van der Waals surface area contributed by atoms with E-state index < -0.39 is 34.5 Å². The maximum atomic E-state index is 13.7. The van der Waals surface area contributed by atoms with Crippen LogP contribution in [0.2, 0.25) is 0 Å². The maximum absolute atomic E-state index is 13.7. The number of carbonyl (C=O) groups is 1.